The molecule has 3 aromatic rings. The van der Waals surface area contributed by atoms with Gasteiger partial charge >= 0.3 is 0 Å². The summed E-state index contributed by atoms with van der Waals surface area (Å²) < 4.78 is 24.3. The second kappa shape index (κ2) is 8.36. The first-order valence-corrected chi connectivity index (χ1v) is 11.0. The Morgan fingerprint density at radius 3 is 2.59 bits per heavy atom. The molecule has 3 N–H and O–H groups in total. The van der Waals surface area contributed by atoms with E-state index in [0.717, 1.165) is 11.4 Å². The molecule has 0 unspecified atom stereocenters. The van der Waals surface area contributed by atoms with Crippen molar-refractivity contribution in [3.05, 3.63) is 76.6 Å². The second-order valence-electron chi connectivity index (χ2n) is 6.95. The highest BCUT2D eigenvalue weighted by molar-refractivity contribution is 7.88. The molecule has 1 aromatic heterocycles. The van der Waals surface area contributed by atoms with Crippen LogP contribution in [0.2, 0.25) is 5.02 Å². The van der Waals surface area contributed by atoms with Crippen LogP contribution in [0.3, 0.4) is 0 Å². The molecule has 2 aromatic carbocycles. The number of anilines is 1. The molecule has 0 radical (unpaired) electrons. The van der Waals surface area contributed by atoms with Gasteiger partial charge in [0.25, 0.3) is 5.91 Å². The minimum Gasteiger partial charge on any atom is -0.322 e. The van der Waals surface area contributed by atoms with Crippen molar-refractivity contribution >= 4 is 33.2 Å². The molecule has 0 bridgehead atoms. The van der Waals surface area contributed by atoms with Gasteiger partial charge in [0, 0.05) is 10.7 Å². The number of primary sulfonamides is 1. The maximum Gasteiger partial charge on any atom is 0.259 e. The monoisotopic (exact) mass is 432 g/mol. The summed E-state index contributed by atoms with van der Waals surface area (Å²) in [6, 6.07) is 13.8. The molecule has 0 aliphatic heterocycles. The summed E-state index contributed by atoms with van der Waals surface area (Å²) >= 11 is 6.09. The molecule has 1 heterocycles. The normalized spacial score (nSPS) is 11.6. The van der Waals surface area contributed by atoms with E-state index in [2.05, 4.69) is 10.4 Å². The lowest BCUT2D eigenvalue weighted by Crippen LogP contribution is -2.16. The Kier molecular flexibility index (Phi) is 6.07. The fourth-order valence-corrected chi connectivity index (χ4v) is 3.90. The van der Waals surface area contributed by atoms with E-state index in [1.165, 1.54) is 6.20 Å². The van der Waals surface area contributed by atoms with Gasteiger partial charge in [-0.05, 0) is 41.8 Å². The minimum atomic E-state index is -3.66. The van der Waals surface area contributed by atoms with E-state index in [4.69, 9.17) is 16.7 Å². The Balaban J connectivity index is 1.91. The van der Waals surface area contributed by atoms with Gasteiger partial charge < -0.3 is 5.32 Å². The van der Waals surface area contributed by atoms with Crippen LogP contribution in [0.15, 0.2) is 54.7 Å². The summed E-state index contributed by atoms with van der Waals surface area (Å²) in [6.45, 7) is 3.95. The summed E-state index contributed by atoms with van der Waals surface area (Å²) in [6.07, 6.45) is 1.51. The molecule has 0 saturated carbocycles. The first kappa shape index (κ1) is 21.0. The average Bonchev–Trinajstić information content (AvgIpc) is 3.06. The van der Waals surface area contributed by atoms with Crippen LogP contribution in [-0.2, 0) is 15.8 Å². The van der Waals surface area contributed by atoms with Crippen molar-refractivity contribution in [2.24, 2.45) is 5.14 Å². The molecule has 3 rings (SSSR count). The third-order valence-corrected chi connectivity index (χ3v) is 5.17. The molecule has 7 nitrogen and oxygen atoms in total. The predicted molar refractivity (Wildman–Crippen MR) is 114 cm³/mol. The van der Waals surface area contributed by atoms with Gasteiger partial charge in [0.15, 0.2) is 0 Å². The average molecular weight is 433 g/mol. The van der Waals surface area contributed by atoms with E-state index in [1.807, 2.05) is 26.0 Å². The van der Waals surface area contributed by atoms with Crippen molar-refractivity contribution in [1.29, 1.82) is 0 Å². The molecule has 0 atom stereocenters. The van der Waals surface area contributed by atoms with Crippen LogP contribution in [0, 0.1) is 0 Å². The number of hydrogen-bond donors (Lipinski definition) is 2. The third kappa shape index (κ3) is 5.23. The minimum absolute atomic E-state index is 0.0194. The third-order valence-electron chi connectivity index (χ3n) is 4.20. The van der Waals surface area contributed by atoms with Gasteiger partial charge in [0.2, 0.25) is 10.0 Å². The molecule has 9 heteroatoms. The summed E-state index contributed by atoms with van der Waals surface area (Å²) in [5.74, 6) is -0.624. The molecule has 0 fully saturated rings. The van der Waals surface area contributed by atoms with Crippen LogP contribution in [0.4, 0.5) is 5.69 Å². The number of nitrogens with two attached hydrogens (primary N) is 1. The Labute approximate surface area is 174 Å². The number of nitrogens with zero attached hydrogens (tertiary/aromatic N) is 2. The van der Waals surface area contributed by atoms with Crippen LogP contribution in [-0.4, -0.2) is 24.1 Å². The topological polar surface area (TPSA) is 107 Å². The smallest absolute Gasteiger partial charge is 0.259 e. The fourth-order valence-electron chi connectivity index (χ4n) is 3.07. The lowest BCUT2D eigenvalue weighted by molar-refractivity contribution is 0.102. The van der Waals surface area contributed by atoms with Gasteiger partial charge in [0.05, 0.1) is 28.9 Å². The standard InChI is InChI=1S/C20H21ClN4O3S/c1-13(2)19-18(11-23-25(19)17-8-4-6-15(21)10-17)20(26)24-16-7-3-5-14(9-16)12-29(22,27)28/h3-11,13H,12H2,1-2H3,(H,24,26)(H2,22,27,28). The number of nitrogens with one attached hydrogen (secondary N) is 1. The molecular weight excluding hydrogens is 412 g/mol. The van der Waals surface area contributed by atoms with Crippen LogP contribution in [0.1, 0.15) is 41.4 Å². The quantitative estimate of drug-likeness (QED) is 0.619. The van der Waals surface area contributed by atoms with E-state index in [9.17, 15) is 13.2 Å². The number of aromatic nitrogens is 2. The van der Waals surface area contributed by atoms with E-state index in [0.29, 0.717) is 21.8 Å². The van der Waals surface area contributed by atoms with Gasteiger partial charge in [-0.2, -0.15) is 5.10 Å². The lowest BCUT2D eigenvalue weighted by atomic mass is 10.0. The first-order chi connectivity index (χ1) is 13.6. The van der Waals surface area contributed by atoms with Gasteiger partial charge in [-0.15, -0.1) is 0 Å². The Hall–Kier alpha value is -2.68. The molecule has 0 saturated heterocycles. The van der Waals surface area contributed by atoms with Crippen molar-refractivity contribution in [2.75, 3.05) is 5.32 Å². The summed E-state index contributed by atoms with van der Waals surface area (Å²) in [4.78, 5) is 12.9. The number of sulfonamides is 1. The molecule has 0 aliphatic carbocycles. The highest BCUT2D eigenvalue weighted by Gasteiger charge is 2.21. The Bertz CT molecular complexity index is 1160. The molecule has 152 valence electrons. The Morgan fingerprint density at radius 2 is 1.93 bits per heavy atom. The van der Waals surface area contributed by atoms with Crippen molar-refractivity contribution in [2.45, 2.75) is 25.5 Å². The molecule has 1 amide bonds. The number of rotatable bonds is 6. The zero-order valence-electron chi connectivity index (χ0n) is 16.0. The van der Waals surface area contributed by atoms with E-state index in [-0.39, 0.29) is 17.6 Å². The number of halogens is 1. The van der Waals surface area contributed by atoms with Gasteiger partial charge in [0.1, 0.15) is 0 Å². The summed E-state index contributed by atoms with van der Waals surface area (Å²) in [5.41, 5.74) is 2.89. The fraction of sp³-hybridized carbons (Fsp3) is 0.200. The SMILES string of the molecule is CC(C)c1c(C(=O)Nc2cccc(CS(N)(=O)=O)c2)cnn1-c1cccc(Cl)c1. The molecule has 0 aliphatic rings. The van der Waals surface area contributed by atoms with Crippen LogP contribution < -0.4 is 10.5 Å². The highest BCUT2D eigenvalue weighted by atomic mass is 35.5. The van der Waals surface area contributed by atoms with Gasteiger partial charge in [-0.25, -0.2) is 18.2 Å². The van der Waals surface area contributed by atoms with Gasteiger partial charge in [-0.1, -0.05) is 43.6 Å². The zero-order chi connectivity index (χ0) is 21.2. The van der Waals surface area contributed by atoms with Crippen molar-refractivity contribution < 1.29 is 13.2 Å². The first-order valence-electron chi connectivity index (χ1n) is 8.88. The van der Waals surface area contributed by atoms with Crippen LogP contribution in [0.25, 0.3) is 5.69 Å². The van der Waals surface area contributed by atoms with Crippen LogP contribution >= 0.6 is 11.6 Å². The summed E-state index contributed by atoms with van der Waals surface area (Å²) in [5, 5.41) is 12.9. The van der Waals surface area contributed by atoms with E-state index < -0.39 is 10.0 Å². The number of carbonyl (C=O) groups is 1. The Morgan fingerprint density at radius 1 is 1.21 bits per heavy atom. The number of benzene rings is 2. The summed E-state index contributed by atoms with van der Waals surface area (Å²) in [7, 11) is -3.66. The largest absolute Gasteiger partial charge is 0.322 e. The lowest BCUT2D eigenvalue weighted by Gasteiger charge is -2.13. The maximum absolute atomic E-state index is 12.9. The van der Waals surface area contributed by atoms with Crippen LogP contribution in [0.5, 0.6) is 0 Å². The van der Waals surface area contributed by atoms with Gasteiger partial charge in [-0.3, -0.25) is 4.79 Å². The number of hydrogen-bond acceptors (Lipinski definition) is 4. The zero-order valence-corrected chi connectivity index (χ0v) is 17.5. The number of amides is 1. The molecule has 29 heavy (non-hydrogen) atoms. The second-order valence-corrected chi connectivity index (χ2v) is 9.00. The van der Waals surface area contributed by atoms with E-state index >= 15 is 0 Å². The van der Waals surface area contributed by atoms with E-state index in [1.54, 1.807) is 41.1 Å². The maximum atomic E-state index is 12.9. The van der Waals surface area contributed by atoms with Crippen molar-refractivity contribution in [3.63, 3.8) is 0 Å². The number of carbonyl (C=O) groups excluding carboxylic acids is 1. The molecule has 0 spiro atoms. The van der Waals surface area contributed by atoms with Crippen molar-refractivity contribution in [1.82, 2.24) is 9.78 Å². The molecular formula is C20H21ClN4O3S. The predicted octanol–water partition coefficient (Wildman–Crippen LogP) is 3.69. The highest BCUT2D eigenvalue weighted by Crippen LogP contribution is 2.25. The van der Waals surface area contributed by atoms with Crippen molar-refractivity contribution in [3.8, 4) is 5.69 Å².